The van der Waals surface area contributed by atoms with Crippen molar-refractivity contribution in [1.29, 1.82) is 0 Å². The van der Waals surface area contributed by atoms with Crippen molar-refractivity contribution in [3.63, 3.8) is 0 Å². The Hall–Kier alpha value is -0.750. The molecule has 1 fully saturated rings. The minimum Gasteiger partial charge on any atom is -0.467 e. The molecule has 0 aromatic carbocycles. The molecule has 1 aliphatic heterocycles. The van der Waals surface area contributed by atoms with E-state index in [4.69, 9.17) is 4.74 Å². The maximum atomic E-state index is 12.0. The van der Waals surface area contributed by atoms with Gasteiger partial charge in [-0.05, 0) is 31.8 Å². The van der Waals surface area contributed by atoms with E-state index >= 15 is 0 Å². The number of hydrogen-bond donors (Lipinski definition) is 2. The predicted octanol–water partition coefficient (Wildman–Crippen LogP) is 1.18. The van der Waals surface area contributed by atoms with Crippen molar-refractivity contribution in [1.82, 2.24) is 10.6 Å². The molecule has 1 heterocycles. The first-order valence-electron chi connectivity index (χ1n) is 7.28. The summed E-state index contributed by atoms with van der Waals surface area (Å²) in [6, 6.07) is -0.536. The van der Waals surface area contributed by atoms with Crippen molar-refractivity contribution >= 4 is 23.6 Å². The fourth-order valence-corrected chi connectivity index (χ4v) is 3.21. The monoisotopic (exact) mass is 302 g/mol. The van der Waals surface area contributed by atoms with Crippen molar-refractivity contribution in [2.75, 3.05) is 26.0 Å². The maximum Gasteiger partial charge on any atom is 0.328 e. The smallest absolute Gasteiger partial charge is 0.328 e. The van der Waals surface area contributed by atoms with Crippen LogP contribution in [-0.4, -0.2) is 49.1 Å². The molecule has 2 atom stereocenters. The van der Waals surface area contributed by atoms with Crippen LogP contribution in [0.4, 0.5) is 0 Å². The van der Waals surface area contributed by atoms with Crippen LogP contribution in [0.1, 0.15) is 33.1 Å². The van der Waals surface area contributed by atoms with Crippen molar-refractivity contribution in [3.8, 4) is 0 Å². The maximum absolute atomic E-state index is 12.0. The van der Waals surface area contributed by atoms with Crippen molar-refractivity contribution < 1.29 is 14.3 Å². The molecule has 0 saturated carbocycles. The standard InChI is InChI=1S/C14H26N2O3S/c1-4-10(2)13(14(18)19-3)16-12(17)9-20-11-5-7-15-8-6-11/h10-11,13,15H,4-9H2,1-3H3,(H,16,17). The van der Waals surface area contributed by atoms with Crippen LogP contribution in [-0.2, 0) is 14.3 Å². The number of piperidine rings is 1. The molecule has 6 heteroatoms. The quantitative estimate of drug-likeness (QED) is 0.691. The molecular formula is C14H26N2O3S. The molecule has 2 unspecified atom stereocenters. The van der Waals surface area contributed by atoms with Gasteiger partial charge in [-0.15, -0.1) is 11.8 Å². The zero-order valence-corrected chi connectivity index (χ0v) is 13.4. The fourth-order valence-electron chi connectivity index (χ4n) is 2.17. The average molecular weight is 302 g/mol. The second-order valence-electron chi connectivity index (χ2n) is 5.21. The SMILES string of the molecule is CCC(C)C(NC(=O)CSC1CCNCC1)C(=O)OC. The van der Waals surface area contributed by atoms with Gasteiger partial charge in [0.2, 0.25) is 5.91 Å². The Balaban J connectivity index is 2.38. The lowest BCUT2D eigenvalue weighted by Crippen LogP contribution is -2.46. The molecule has 1 saturated heterocycles. The van der Waals surface area contributed by atoms with Crippen molar-refractivity contribution in [2.45, 2.75) is 44.4 Å². The van der Waals surface area contributed by atoms with E-state index in [9.17, 15) is 9.59 Å². The molecule has 5 nitrogen and oxygen atoms in total. The Kier molecular flexibility index (Phi) is 7.99. The van der Waals surface area contributed by atoms with Gasteiger partial charge >= 0.3 is 5.97 Å². The Bertz CT molecular complexity index is 320. The first-order valence-corrected chi connectivity index (χ1v) is 8.32. The highest BCUT2D eigenvalue weighted by atomic mass is 32.2. The van der Waals surface area contributed by atoms with Crippen LogP contribution in [0.2, 0.25) is 0 Å². The van der Waals surface area contributed by atoms with Gasteiger partial charge in [0.05, 0.1) is 12.9 Å². The van der Waals surface area contributed by atoms with Gasteiger partial charge in [0.1, 0.15) is 6.04 Å². The van der Waals surface area contributed by atoms with Crippen LogP contribution in [0.5, 0.6) is 0 Å². The van der Waals surface area contributed by atoms with E-state index in [0.29, 0.717) is 11.0 Å². The lowest BCUT2D eigenvalue weighted by Gasteiger charge is -2.24. The minimum atomic E-state index is -0.536. The zero-order chi connectivity index (χ0) is 15.0. The lowest BCUT2D eigenvalue weighted by atomic mass is 9.99. The number of nitrogens with one attached hydrogen (secondary N) is 2. The van der Waals surface area contributed by atoms with E-state index in [1.54, 1.807) is 11.8 Å². The van der Waals surface area contributed by atoms with Crippen LogP contribution in [0.15, 0.2) is 0 Å². The Labute approximate surface area is 125 Å². The number of hydrogen-bond acceptors (Lipinski definition) is 5. The molecule has 1 rings (SSSR count). The summed E-state index contributed by atoms with van der Waals surface area (Å²) in [7, 11) is 1.35. The van der Waals surface area contributed by atoms with Crippen LogP contribution in [0.3, 0.4) is 0 Å². The van der Waals surface area contributed by atoms with Crippen molar-refractivity contribution in [3.05, 3.63) is 0 Å². The Morgan fingerprint density at radius 2 is 2.05 bits per heavy atom. The van der Waals surface area contributed by atoms with Gasteiger partial charge in [-0.3, -0.25) is 4.79 Å². The van der Waals surface area contributed by atoms with Crippen LogP contribution in [0.25, 0.3) is 0 Å². The summed E-state index contributed by atoms with van der Waals surface area (Å²) in [4.78, 5) is 23.7. The second-order valence-corrected chi connectivity index (χ2v) is 6.50. The van der Waals surface area contributed by atoms with Gasteiger partial charge in [-0.1, -0.05) is 20.3 Å². The fraction of sp³-hybridized carbons (Fsp3) is 0.857. The highest BCUT2D eigenvalue weighted by molar-refractivity contribution is 8.00. The first-order chi connectivity index (χ1) is 9.58. The van der Waals surface area contributed by atoms with E-state index in [-0.39, 0.29) is 17.8 Å². The summed E-state index contributed by atoms with van der Waals surface area (Å²) in [6.45, 7) is 5.99. The van der Waals surface area contributed by atoms with E-state index in [1.807, 2.05) is 13.8 Å². The van der Waals surface area contributed by atoms with Gasteiger partial charge in [0.15, 0.2) is 0 Å². The number of amides is 1. The largest absolute Gasteiger partial charge is 0.467 e. The van der Waals surface area contributed by atoms with E-state index < -0.39 is 6.04 Å². The molecule has 1 amide bonds. The molecule has 0 aromatic rings. The molecule has 116 valence electrons. The number of rotatable bonds is 7. The van der Waals surface area contributed by atoms with E-state index in [1.165, 1.54) is 7.11 Å². The molecule has 1 aliphatic rings. The molecular weight excluding hydrogens is 276 g/mol. The molecule has 0 bridgehead atoms. The first kappa shape index (κ1) is 17.3. The number of thioether (sulfide) groups is 1. The summed E-state index contributed by atoms with van der Waals surface area (Å²) < 4.78 is 4.76. The predicted molar refractivity (Wildman–Crippen MR) is 81.8 cm³/mol. The Morgan fingerprint density at radius 1 is 1.40 bits per heavy atom. The van der Waals surface area contributed by atoms with Gasteiger partial charge < -0.3 is 15.4 Å². The summed E-state index contributed by atoms with van der Waals surface area (Å²) in [5, 5.41) is 6.66. The van der Waals surface area contributed by atoms with Gasteiger partial charge in [0, 0.05) is 5.25 Å². The third-order valence-corrected chi connectivity index (χ3v) is 5.09. The molecule has 0 aromatic heterocycles. The molecule has 2 N–H and O–H groups in total. The normalized spacial score (nSPS) is 19.1. The van der Waals surface area contributed by atoms with E-state index in [2.05, 4.69) is 10.6 Å². The summed E-state index contributed by atoms with van der Waals surface area (Å²) in [6.07, 6.45) is 3.02. The third kappa shape index (κ3) is 5.71. The Morgan fingerprint density at radius 3 is 2.60 bits per heavy atom. The highest BCUT2D eigenvalue weighted by Crippen LogP contribution is 2.20. The molecule has 0 radical (unpaired) electrons. The van der Waals surface area contributed by atoms with Crippen LogP contribution < -0.4 is 10.6 Å². The van der Waals surface area contributed by atoms with Crippen LogP contribution >= 0.6 is 11.8 Å². The van der Waals surface area contributed by atoms with Gasteiger partial charge in [-0.2, -0.15) is 0 Å². The van der Waals surface area contributed by atoms with Crippen LogP contribution in [0, 0.1) is 5.92 Å². The number of methoxy groups -OCH3 is 1. The van der Waals surface area contributed by atoms with E-state index in [0.717, 1.165) is 32.4 Å². The number of carbonyl (C=O) groups is 2. The summed E-state index contributed by atoms with van der Waals surface area (Å²) in [5.74, 6) is 0.0493. The lowest BCUT2D eigenvalue weighted by molar-refractivity contribution is -0.146. The average Bonchev–Trinajstić information content (AvgIpc) is 2.50. The molecule has 20 heavy (non-hydrogen) atoms. The number of esters is 1. The van der Waals surface area contributed by atoms with Gasteiger partial charge in [-0.25, -0.2) is 4.79 Å². The molecule has 0 spiro atoms. The summed E-state index contributed by atoms with van der Waals surface area (Å²) >= 11 is 1.68. The number of carbonyl (C=O) groups excluding carboxylic acids is 2. The minimum absolute atomic E-state index is 0.0790. The highest BCUT2D eigenvalue weighted by Gasteiger charge is 2.26. The number of ether oxygens (including phenoxy) is 1. The zero-order valence-electron chi connectivity index (χ0n) is 12.6. The third-order valence-electron chi connectivity index (χ3n) is 3.72. The van der Waals surface area contributed by atoms with Crippen molar-refractivity contribution in [2.24, 2.45) is 5.92 Å². The van der Waals surface area contributed by atoms with Gasteiger partial charge in [0.25, 0.3) is 0 Å². The molecule has 0 aliphatic carbocycles. The topological polar surface area (TPSA) is 67.4 Å². The summed E-state index contributed by atoms with van der Waals surface area (Å²) in [5.41, 5.74) is 0. The second kappa shape index (κ2) is 9.23.